The predicted octanol–water partition coefficient (Wildman–Crippen LogP) is 3.89. The van der Waals surface area contributed by atoms with Crippen LogP contribution in [0.2, 0.25) is 0 Å². The van der Waals surface area contributed by atoms with Gasteiger partial charge in [-0.15, -0.1) is 0 Å². The molecule has 3 heteroatoms. The standard InChI is InChI=1S/C17H21NOS/c1-4-13-9-14-5-6-16(19-3)11-17(14)15(10-13)7-8-18-12(2)20/h5-6,9-11H,4,7-8H2,1-3H3,(H,18,20). The van der Waals surface area contributed by atoms with Crippen molar-refractivity contribution in [2.45, 2.75) is 26.7 Å². The SMILES string of the molecule is CCc1cc(CCNC(C)=S)c2cc(OC)ccc2c1. The molecular formula is C17H21NOS. The molecule has 2 rings (SSSR count). The first-order chi connectivity index (χ1) is 9.63. The number of hydrogen-bond acceptors (Lipinski definition) is 2. The quantitative estimate of drug-likeness (QED) is 0.843. The summed E-state index contributed by atoms with van der Waals surface area (Å²) in [6, 6.07) is 10.8. The van der Waals surface area contributed by atoms with Gasteiger partial charge in [0.1, 0.15) is 5.75 Å². The minimum absolute atomic E-state index is 0.846. The van der Waals surface area contributed by atoms with E-state index >= 15 is 0 Å². The van der Waals surface area contributed by atoms with E-state index in [-0.39, 0.29) is 0 Å². The molecule has 0 aliphatic heterocycles. The van der Waals surface area contributed by atoms with Crippen molar-refractivity contribution >= 4 is 28.0 Å². The van der Waals surface area contributed by atoms with Crippen LogP contribution in [0.5, 0.6) is 5.75 Å². The lowest BCUT2D eigenvalue weighted by Crippen LogP contribution is -2.20. The van der Waals surface area contributed by atoms with E-state index in [4.69, 9.17) is 17.0 Å². The lowest BCUT2D eigenvalue weighted by molar-refractivity contribution is 0.415. The summed E-state index contributed by atoms with van der Waals surface area (Å²) in [4.78, 5) is 0.846. The number of ether oxygens (including phenoxy) is 1. The molecule has 0 unspecified atom stereocenters. The second-order valence-corrected chi connectivity index (χ2v) is 5.54. The maximum atomic E-state index is 5.34. The van der Waals surface area contributed by atoms with E-state index in [0.29, 0.717) is 0 Å². The molecule has 0 amide bonds. The highest BCUT2D eigenvalue weighted by Crippen LogP contribution is 2.26. The van der Waals surface area contributed by atoms with Gasteiger partial charge in [-0.2, -0.15) is 0 Å². The number of benzene rings is 2. The monoisotopic (exact) mass is 287 g/mol. The van der Waals surface area contributed by atoms with Crippen LogP contribution >= 0.6 is 12.2 Å². The van der Waals surface area contributed by atoms with E-state index in [9.17, 15) is 0 Å². The van der Waals surface area contributed by atoms with Crippen LogP contribution in [0.15, 0.2) is 30.3 Å². The van der Waals surface area contributed by atoms with E-state index in [1.54, 1.807) is 7.11 Å². The number of aryl methyl sites for hydroxylation is 1. The maximum absolute atomic E-state index is 5.34. The van der Waals surface area contributed by atoms with E-state index < -0.39 is 0 Å². The van der Waals surface area contributed by atoms with Crippen molar-refractivity contribution in [3.63, 3.8) is 0 Å². The number of rotatable bonds is 5. The molecule has 0 aliphatic carbocycles. The maximum Gasteiger partial charge on any atom is 0.119 e. The van der Waals surface area contributed by atoms with Gasteiger partial charge in [-0.25, -0.2) is 0 Å². The summed E-state index contributed by atoms with van der Waals surface area (Å²) in [7, 11) is 1.71. The van der Waals surface area contributed by atoms with Gasteiger partial charge in [0, 0.05) is 6.54 Å². The molecule has 106 valence electrons. The molecule has 0 saturated heterocycles. The summed E-state index contributed by atoms with van der Waals surface area (Å²) in [6.45, 7) is 4.97. The molecule has 0 aliphatic rings. The first-order valence-corrected chi connectivity index (χ1v) is 7.39. The molecule has 2 aromatic carbocycles. The van der Waals surface area contributed by atoms with Crippen molar-refractivity contribution in [3.8, 4) is 5.75 Å². The Hall–Kier alpha value is -1.61. The fourth-order valence-electron chi connectivity index (χ4n) is 2.39. The van der Waals surface area contributed by atoms with Gasteiger partial charge in [0.05, 0.1) is 12.1 Å². The molecule has 2 nitrogen and oxygen atoms in total. The highest BCUT2D eigenvalue weighted by atomic mass is 32.1. The summed E-state index contributed by atoms with van der Waals surface area (Å²) in [5.41, 5.74) is 2.72. The molecule has 1 N–H and O–H groups in total. The third-order valence-corrected chi connectivity index (χ3v) is 3.63. The normalized spacial score (nSPS) is 10.6. The summed E-state index contributed by atoms with van der Waals surface area (Å²) >= 11 is 5.06. The van der Waals surface area contributed by atoms with E-state index in [2.05, 4.69) is 36.5 Å². The van der Waals surface area contributed by atoms with Crippen molar-refractivity contribution in [3.05, 3.63) is 41.5 Å². The molecule has 0 aromatic heterocycles. The highest BCUT2D eigenvalue weighted by Gasteiger charge is 2.05. The van der Waals surface area contributed by atoms with Crippen LogP contribution in [-0.2, 0) is 12.8 Å². The fraction of sp³-hybridized carbons (Fsp3) is 0.353. The molecule has 0 radical (unpaired) electrons. The number of methoxy groups -OCH3 is 1. The van der Waals surface area contributed by atoms with Gasteiger partial charge in [-0.3, -0.25) is 0 Å². The molecule has 0 heterocycles. The minimum Gasteiger partial charge on any atom is -0.497 e. The molecule has 0 spiro atoms. The van der Waals surface area contributed by atoms with E-state index in [1.807, 2.05) is 13.0 Å². The first kappa shape index (κ1) is 14.8. The number of nitrogens with one attached hydrogen (secondary N) is 1. The minimum atomic E-state index is 0.846. The zero-order valence-electron chi connectivity index (χ0n) is 12.3. The summed E-state index contributed by atoms with van der Waals surface area (Å²) < 4.78 is 5.34. The Kier molecular flexibility index (Phi) is 4.96. The van der Waals surface area contributed by atoms with Crippen molar-refractivity contribution in [2.75, 3.05) is 13.7 Å². The van der Waals surface area contributed by atoms with Gasteiger partial charge in [0.2, 0.25) is 0 Å². The molecule has 20 heavy (non-hydrogen) atoms. The fourth-order valence-corrected chi connectivity index (χ4v) is 2.50. The molecular weight excluding hydrogens is 266 g/mol. The topological polar surface area (TPSA) is 21.3 Å². The van der Waals surface area contributed by atoms with Gasteiger partial charge in [-0.05, 0) is 53.8 Å². The lowest BCUT2D eigenvalue weighted by Gasteiger charge is -2.12. The van der Waals surface area contributed by atoms with Crippen LogP contribution in [0.4, 0.5) is 0 Å². The smallest absolute Gasteiger partial charge is 0.119 e. The van der Waals surface area contributed by atoms with Crippen molar-refractivity contribution in [1.82, 2.24) is 5.32 Å². The van der Waals surface area contributed by atoms with Gasteiger partial charge >= 0.3 is 0 Å². The van der Waals surface area contributed by atoms with Crippen LogP contribution < -0.4 is 10.1 Å². The van der Waals surface area contributed by atoms with Crippen LogP contribution in [-0.4, -0.2) is 18.6 Å². The van der Waals surface area contributed by atoms with Gasteiger partial charge in [-0.1, -0.05) is 37.3 Å². The van der Waals surface area contributed by atoms with Crippen molar-refractivity contribution in [2.24, 2.45) is 0 Å². The van der Waals surface area contributed by atoms with Crippen LogP contribution in [0.25, 0.3) is 10.8 Å². The second kappa shape index (κ2) is 6.71. The molecule has 0 atom stereocenters. The van der Waals surface area contributed by atoms with Crippen LogP contribution in [0, 0.1) is 0 Å². The third kappa shape index (κ3) is 3.48. The van der Waals surface area contributed by atoms with Crippen molar-refractivity contribution < 1.29 is 4.74 Å². The van der Waals surface area contributed by atoms with E-state index in [0.717, 1.165) is 30.1 Å². The molecule has 0 bridgehead atoms. The zero-order chi connectivity index (χ0) is 14.5. The zero-order valence-corrected chi connectivity index (χ0v) is 13.1. The Morgan fingerprint density at radius 2 is 2.05 bits per heavy atom. The Morgan fingerprint density at radius 3 is 2.70 bits per heavy atom. The number of hydrogen-bond donors (Lipinski definition) is 1. The highest BCUT2D eigenvalue weighted by molar-refractivity contribution is 7.80. The van der Waals surface area contributed by atoms with Gasteiger partial charge < -0.3 is 10.1 Å². The Labute approximate surface area is 126 Å². The van der Waals surface area contributed by atoms with Gasteiger partial charge in [0.15, 0.2) is 0 Å². The number of fused-ring (bicyclic) bond motifs is 1. The summed E-state index contributed by atoms with van der Waals surface area (Å²) in [6.07, 6.45) is 2.01. The lowest BCUT2D eigenvalue weighted by atomic mass is 9.97. The first-order valence-electron chi connectivity index (χ1n) is 6.98. The number of thiocarbonyl (C=S) groups is 1. The Bertz CT molecular complexity index is 622. The molecule has 2 aromatic rings. The Morgan fingerprint density at radius 1 is 1.25 bits per heavy atom. The third-order valence-electron chi connectivity index (χ3n) is 3.48. The summed E-state index contributed by atoms with van der Waals surface area (Å²) in [5.74, 6) is 0.905. The molecule has 0 fully saturated rings. The van der Waals surface area contributed by atoms with Crippen molar-refractivity contribution in [1.29, 1.82) is 0 Å². The Balaban J connectivity index is 2.39. The average molecular weight is 287 g/mol. The van der Waals surface area contributed by atoms with Crippen LogP contribution in [0.3, 0.4) is 0 Å². The van der Waals surface area contributed by atoms with E-state index in [1.165, 1.54) is 21.9 Å². The second-order valence-electron chi connectivity index (χ2n) is 4.93. The van der Waals surface area contributed by atoms with Gasteiger partial charge in [0.25, 0.3) is 0 Å². The average Bonchev–Trinajstić information content (AvgIpc) is 2.46. The largest absolute Gasteiger partial charge is 0.497 e. The summed E-state index contributed by atoms with van der Waals surface area (Å²) in [5, 5.41) is 5.77. The molecule has 0 saturated carbocycles. The van der Waals surface area contributed by atoms with Crippen LogP contribution in [0.1, 0.15) is 25.0 Å². The predicted molar refractivity (Wildman–Crippen MR) is 89.9 cm³/mol.